The third kappa shape index (κ3) is 2.94. The van der Waals surface area contributed by atoms with Gasteiger partial charge in [-0.2, -0.15) is 4.39 Å². The molecule has 0 amide bonds. The minimum absolute atomic E-state index is 0.0464. The van der Waals surface area contributed by atoms with Crippen LogP contribution in [0.15, 0.2) is 6.07 Å². The van der Waals surface area contributed by atoms with Gasteiger partial charge in [-0.1, -0.05) is 0 Å². The number of alkyl halides is 2. The van der Waals surface area contributed by atoms with Crippen LogP contribution in [-0.2, 0) is 11.3 Å². The highest BCUT2D eigenvalue weighted by molar-refractivity contribution is 5.87. The fourth-order valence-corrected chi connectivity index (χ4v) is 1.27. The minimum atomic E-state index is -2.93. The van der Waals surface area contributed by atoms with E-state index in [0.29, 0.717) is 0 Å². The van der Waals surface area contributed by atoms with Crippen molar-refractivity contribution in [1.82, 2.24) is 4.98 Å². The highest BCUT2D eigenvalue weighted by Gasteiger charge is 2.21. The van der Waals surface area contributed by atoms with Crippen LogP contribution < -0.4 is 5.73 Å². The van der Waals surface area contributed by atoms with E-state index in [-0.39, 0.29) is 6.61 Å². The second kappa shape index (κ2) is 5.62. The van der Waals surface area contributed by atoms with Gasteiger partial charge in [-0.3, -0.25) is 0 Å². The SMILES string of the molecule is CCOC(=O)c1cc(C(F)F)c(CN)c(F)n1. The molecule has 2 N–H and O–H groups in total. The molecule has 0 aliphatic rings. The van der Waals surface area contributed by atoms with Gasteiger partial charge in [0.2, 0.25) is 5.95 Å². The van der Waals surface area contributed by atoms with E-state index in [9.17, 15) is 18.0 Å². The van der Waals surface area contributed by atoms with Crippen LogP contribution in [0.2, 0.25) is 0 Å². The fraction of sp³-hybridized carbons (Fsp3) is 0.400. The molecule has 0 fully saturated rings. The number of nitrogens with zero attached hydrogens (tertiary/aromatic N) is 1. The molecule has 4 nitrogen and oxygen atoms in total. The number of halogens is 3. The molecule has 1 aromatic heterocycles. The Hall–Kier alpha value is -1.63. The number of carbonyl (C=O) groups is 1. The maximum atomic E-state index is 13.3. The zero-order valence-corrected chi connectivity index (χ0v) is 9.04. The summed E-state index contributed by atoms with van der Waals surface area (Å²) in [4.78, 5) is 14.5. The predicted octanol–water partition coefficient (Wildman–Crippen LogP) is 1.79. The van der Waals surface area contributed by atoms with Crippen molar-refractivity contribution in [3.05, 3.63) is 28.8 Å². The normalized spacial score (nSPS) is 10.7. The first-order valence-electron chi connectivity index (χ1n) is 4.85. The Morgan fingerprint density at radius 1 is 1.59 bits per heavy atom. The second-order valence-electron chi connectivity index (χ2n) is 3.09. The van der Waals surface area contributed by atoms with Crippen molar-refractivity contribution in [2.24, 2.45) is 5.73 Å². The number of carbonyl (C=O) groups excluding carboxylic acids is 1. The molecule has 17 heavy (non-hydrogen) atoms. The minimum Gasteiger partial charge on any atom is -0.461 e. The standard InChI is InChI=1S/C10H11F3N2O2/c1-2-17-10(16)7-3-5(8(11)12)6(4-14)9(13)15-7/h3,8H,2,4,14H2,1H3. The first-order valence-corrected chi connectivity index (χ1v) is 4.85. The lowest BCUT2D eigenvalue weighted by molar-refractivity contribution is 0.0517. The summed E-state index contributed by atoms with van der Waals surface area (Å²) in [6.45, 7) is 1.17. The zero-order chi connectivity index (χ0) is 13.0. The first kappa shape index (κ1) is 13.4. The molecule has 1 aromatic rings. The van der Waals surface area contributed by atoms with E-state index in [2.05, 4.69) is 9.72 Å². The van der Waals surface area contributed by atoms with Gasteiger partial charge in [0, 0.05) is 17.7 Å². The van der Waals surface area contributed by atoms with Crippen LogP contribution in [0.4, 0.5) is 13.2 Å². The topological polar surface area (TPSA) is 65.2 Å². The number of nitrogens with two attached hydrogens (primary N) is 1. The molecule has 94 valence electrons. The van der Waals surface area contributed by atoms with E-state index in [1.54, 1.807) is 0 Å². The Kier molecular flexibility index (Phi) is 4.45. The Balaban J connectivity index is 3.24. The van der Waals surface area contributed by atoms with Gasteiger partial charge >= 0.3 is 5.97 Å². The van der Waals surface area contributed by atoms with Gasteiger partial charge in [-0.05, 0) is 13.0 Å². The number of hydrogen-bond acceptors (Lipinski definition) is 4. The highest BCUT2D eigenvalue weighted by atomic mass is 19.3. The molecular weight excluding hydrogens is 237 g/mol. The summed E-state index contributed by atoms with van der Waals surface area (Å²) in [7, 11) is 0. The average Bonchev–Trinajstić information content (AvgIpc) is 2.28. The molecule has 0 aromatic carbocycles. The average molecular weight is 248 g/mol. The van der Waals surface area contributed by atoms with Crippen LogP contribution in [-0.4, -0.2) is 17.6 Å². The molecule has 0 aliphatic carbocycles. The third-order valence-corrected chi connectivity index (χ3v) is 2.03. The van der Waals surface area contributed by atoms with Gasteiger partial charge in [0.1, 0.15) is 0 Å². The monoisotopic (exact) mass is 248 g/mol. The van der Waals surface area contributed by atoms with E-state index in [4.69, 9.17) is 5.73 Å². The lowest BCUT2D eigenvalue weighted by Crippen LogP contribution is -2.14. The molecule has 1 heterocycles. The summed E-state index contributed by atoms with van der Waals surface area (Å²) in [6, 6.07) is 0.800. The summed E-state index contributed by atoms with van der Waals surface area (Å²) in [5.41, 5.74) is 3.62. The lowest BCUT2D eigenvalue weighted by atomic mass is 10.1. The van der Waals surface area contributed by atoms with E-state index in [1.807, 2.05) is 0 Å². The van der Waals surface area contributed by atoms with E-state index in [1.165, 1.54) is 6.92 Å². The van der Waals surface area contributed by atoms with Crippen molar-refractivity contribution in [1.29, 1.82) is 0 Å². The van der Waals surface area contributed by atoms with Crippen LogP contribution in [0.3, 0.4) is 0 Å². The fourth-order valence-electron chi connectivity index (χ4n) is 1.27. The second-order valence-corrected chi connectivity index (χ2v) is 3.09. The molecule has 1 rings (SSSR count). The van der Waals surface area contributed by atoms with Crippen LogP contribution in [0.5, 0.6) is 0 Å². The number of hydrogen-bond donors (Lipinski definition) is 1. The maximum Gasteiger partial charge on any atom is 0.357 e. The van der Waals surface area contributed by atoms with Gasteiger partial charge in [0.05, 0.1) is 6.61 Å². The summed E-state index contributed by atoms with van der Waals surface area (Å²) >= 11 is 0. The van der Waals surface area contributed by atoms with Gasteiger partial charge in [-0.25, -0.2) is 18.6 Å². The van der Waals surface area contributed by atoms with Crippen molar-refractivity contribution in [2.75, 3.05) is 6.61 Å². The Bertz CT molecular complexity index is 424. The summed E-state index contributed by atoms with van der Waals surface area (Å²) in [6.07, 6.45) is -2.93. The third-order valence-electron chi connectivity index (χ3n) is 2.03. The van der Waals surface area contributed by atoms with E-state index in [0.717, 1.165) is 6.07 Å². The quantitative estimate of drug-likeness (QED) is 0.651. The summed E-state index contributed by atoms with van der Waals surface area (Å²) in [5, 5.41) is 0. The molecule has 0 saturated carbocycles. The molecule has 0 unspecified atom stereocenters. The predicted molar refractivity (Wildman–Crippen MR) is 53.0 cm³/mol. The number of ether oxygens (including phenoxy) is 1. The number of esters is 1. The smallest absolute Gasteiger partial charge is 0.357 e. The molecule has 0 bridgehead atoms. The first-order chi connectivity index (χ1) is 8.01. The van der Waals surface area contributed by atoms with Crippen molar-refractivity contribution in [2.45, 2.75) is 19.9 Å². The Morgan fingerprint density at radius 3 is 2.71 bits per heavy atom. The molecule has 0 spiro atoms. The maximum absolute atomic E-state index is 13.3. The highest BCUT2D eigenvalue weighted by Crippen LogP contribution is 2.25. The largest absolute Gasteiger partial charge is 0.461 e. The molecular formula is C10H11F3N2O2. The zero-order valence-electron chi connectivity index (χ0n) is 9.04. The Labute approximate surface area is 95.6 Å². The van der Waals surface area contributed by atoms with E-state index < -0.39 is 41.7 Å². The van der Waals surface area contributed by atoms with Gasteiger partial charge in [0.15, 0.2) is 5.69 Å². The molecule has 0 radical (unpaired) electrons. The van der Waals surface area contributed by atoms with Crippen molar-refractivity contribution in [3.63, 3.8) is 0 Å². The summed E-state index contributed by atoms with van der Waals surface area (Å²) in [5.74, 6) is -2.12. The van der Waals surface area contributed by atoms with Gasteiger partial charge in [0.25, 0.3) is 6.43 Å². The summed E-state index contributed by atoms with van der Waals surface area (Å²) < 4.78 is 43.1. The molecule has 0 atom stereocenters. The van der Waals surface area contributed by atoms with Crippen LogP contribution in [0, 0.1) is 5.95 Å². The van der Waals surface area contributed by atoms with E-state index >= 15 is 0 Å². The van der Waals surface area contributed by atoms with Crippen molar-refractivity contribution >= 4 is 5.97 Å². The number of pyridine rings is 1. The van der Waals surface area contributed by atoms with Crippen LogP contribution >= 0.6 is 0 Å². The van der Waals surface area contributed by atoms with Crippen molar-refractivity contribution in [3.8, 4) is 0 Å². The number of aromatic nitrogens is 1. The van der Waals surface area contributed by atoms with Crippen LogP contribution in [0.1, 0.15) is 35.0 Å². The molecule has 0 saturated heterocycles. The van der Waals surface area contributed by atoms with Crippen LogP contribution in [0.25, 0.3) is 0 Å². The van der Waals surface area contributed by atoms with Gasteiger partial charge in [-0.15, -0.1) is 0 Å². The molecule has 7 heteroatoms. The Morgan fingerprint density at radius 2 is 2.24 bits per heavy atom. The molecule has 0 aliphatic heterocycles. The number of rotatable bonds is 4. The van der Waals surface area contributed by atoms with Crippen molar-refractivity contribution < 1.29 is 22.7 Å². The lowest BCUT2D eigenvalue weighted by Gasteiger charge is -2.09. The van der Waals surface area contributed by atoms with Gasteiger partial charge < -0.3 is 10.5 Å².